The molecule has 2 N–H and O–H groups in total. The van der Waals surface area contributed by atoms with Crippen LogP contribution in [0, 0.1) is 0 Å². The highest BCUT2D eigenvalue weighted by Crippen LogP contribution is 1.81. The van der Waals surface area contributed by atoms with Gasteiger partial charge in [-0.3, -0.25) is 9.59 Å². The van der Waals surface area contributed by atoms with Crippen molar-refractivity contribution in [2.45, 2.75) is 6.42 Å². The standard InChI is InChI=1S/C8H13NO4/c1-2-7(10)9-4-6-13-5-3-8(11)12/h2H,1,3-6H2,(H,9,10)(H,11,12). The van der Waals surface area contributed by atoms with Gasteiger partial charge in [-0.05, 0) is 6.08 Å². The van der Waals surface area contributed by atoms with Crippen molar-refractivity contribution in [3.63, 3.8) is 0 Å². The van der Waals surface area contributed by atoms with Gasteiger partial charge in [0.25, 0.3) is 0 Å². The molecule has 0 atom stereocenters. The van der Waals surface area contributed by atoms with E-state index in [-0.39, 0.29) is 18.9 Å². The fourth-order valence-electron chi connectivity index (χ4n) is 0.580. The Hall–Kier alpha value is -1.36. The number of carbonyl (C=O) groups is 2. The molecule has 0 aliphatic carbocycles. The molecule has 0 aromatic carbocycles. The highest BCUT2D eigenvalue weighted by molar-refractivity contribution is 5.86. The van der Waals surface area contributed by atoms with Crippen LogP contribution in [0.2, 0.25) is 0 Å². The van der Waals surface area contributed by atoms with Crippen molar-refractivity contribution in [1.82, 2.24) is 5.32 Å². The van der Waals surface area contributed by atoms with E-state index in [0.717, 1.165) is 6.08 Å². The molecule has 0 heterocycles. The topological polar surface area (TPSA) is 75.6 Å². The molecule has 0 spiro atoms. The van der Waals surface area contributed by atoms with Crippen LogP contribution < -0.4 is 5.32 Å². The van der Waals surface area contributed by atoms with Crippen LogP contribution >= 0.6 is 0 Å². The minimum Gasteiger partial charge on any atom is -0.481 e. The minimum absolute atomic E-state index is 0.0184. The summed E-state index contributed by atoms with van der Waals surface area (Å²) in [6.45, 7) is 4.11. The molecule has 0 aliphatic heterocycles. The van der Waals surface area contributed by atoms with Gasteiger partial charge in [0.1, 0.15) is 0 Å². The largest absolute Gasteiger partial charge is 0.481 e. The second-order valence-corrected chi connectivity index (χ2v) is 2.25. The number of carboxylic acids is 1. The second kappa shape index (κ2) is 7.30. The number of ether oxygens (including phenoxy) is 1. The maximum absolute atomic E-state index is 10.6. The van der Waals surface area contributed by atoms with Crippen molar-refractivity contribution in [2.24, 2.45) is 0 Å². The average molecular weight is 187 g/mol. The molecule has 0 rings (SSSR count). The number of amides is 1. The van der Waals surface area contributed by atoms with Gasteiger partial charge in [-0.1, -0.05) is 6.58 Å². The maximum atomic E-state index is 10.6. The van der Waals surface area contributed by atoms with E-state index in [1.165, 1.54) is 0 Å². The van der Waals surface area contributed by atoms with E-state index in [9.17, 15) is 9.59 Å². The van der Waals surface area contributed by atoms with Crippen molar-refractivity contribution in [1.29, 1.82) is 0 Å². The van der Waals surface area contributed by atoms with Gasteiger partial charge in [-0.15, -0.1) is 0 Å². The van der Waals surface area contributed by atoms with Crippen molar-refractivity contribution in [3.8, 4) is 0 Å². The van der Waals surface area contributed by atoms with E-state index in [1.807, 2.05) is 0 Å². The fourth-order valence-corrected chi connectivity index (χ4v) is 0.580. The third kappa shape index (κ3) is 8.55. The molecule has 0 saturated carbocycles. The van der Waals surface area contributed by atoms with Crippen molar-refractivity contribution < 1.29 is 19.4 Å². The lowest BCUT2D eigenvalue weighted by atomic mass is 10.5. The normalized spacial score (nSPS) is 9.23. The average Bonchev–Trinajstić information content (AvgIpc) is 2.10. The molecule has 0 aromatic rings. The molecule has 1 amide bonds. The zero-order valence-corrected chi connectivity index (χ0v) is 7.28. The predicted octanol–water partition coefficient (Wildman–Crippen LogP) is -0.220. The van der Waals surface area contributed by atoms with Crippen LogP contribution in [0.5, 0.6) is 0 Å². The lowest BCUT2D eigenvalue weighted by molar-refractivity contribution is -0.138. The third-order valence-electron chi connectivity index (χ3n) is 1.19. The predicted molar refractivity (Wildman–Crippen MR) is 46.3 cm³/mol. The molecular weight excluding hydrogens is 174 g/mol. The van der Waals surface area contributed by atoms with Crippen LogP contribution in [0.4, 0.5) is 0 Å². The van der Waals surface area contributed by atoms with Crippen molar-refractivity contribution >= 4 is 11.9 Å². The molecule has 0 bridgehead atoms. The Labute approximate surface area is 76.4 Å². The first-order valence-corrected chi connectivity index (χ1v) is 3.86. The second-order valence-electron chi connectivity index (χ2n) is 2.25. The van der Waals surface area contributed by atoms with E-state index in [1.54, 1.807) is 0 Å². The molecule has 74 valence electrons. The van der Waals surface area contributed by atoms with Crippen LogP contribution in [0.25, 0.3) is 0 Å². The Kier molecular flexibility index (Phi) is 6.53. The third-order valence-corrected chi connectivity index (χ3v) is 1.19. The lowest BCUT2D eigenvalue weighted by Crippen LogP contribution is -2.25. The van der Waals surface area contributed by atoms with E-state index in [0.29, 0.717) is 13.2 Å². The van der Waals surface area contributed by atoms with Gasteiger partial charge >= 0.3 is 5.97 Å². The number of carbonyl (C=O) groups excluding carboxylic acids is 1. The van der Waals surface area contributed by atoms with Gasteiger partial charge in [0.2, 0.25) is 5.91 Å². The highest BCUT2D eigenvalue weighted by Gasteiger charge is 1.96. The molecule has 0 fully saturated rings. The van der Waals surface area contributed by atoms with Crippen molar-refractivity contribution in [2.75, 3.05) is 19.8 Å². The Morgan fingerprint density at radius 2 is 2.15 bits per heavy atom. The highest BCUT2D eigenvalue weighted by atomic mass is 16.5. The number of hydrogen-bond donors (Lipinski definition) is 2. The molecular formula is C8H13NO4. The number of hydrogen-bond acceptors (Lipinski definition) is 3. The summed E-state index contributed by atoms with van der Waals surface area (Å²) >= 11 is 0. The van der Waals surface area contributed by atoms with Gasteiger partial charge in [0.05, 0.1) is 19.6 Å². The summed E-state index contributed by atoms with van der Waals surface area (Å²) in [6.07, 6.45) is 1.15. The van der Waals surface area contributed by atoms with Crippen LogP contribution in [0.3, 0.4) is 0 Å². The molecule has 0 saturated heterocycles. The van der Waals surface area contributed by atoms with Crippen LogP contribution in [-0.4, -0.2) is 36.7 Å². The lowest BCUT2D eigenvalue weighted by Gasteiger charge is -2.02. The molecule has 5 heteroatoms. The summed E-state index contributed by atoms with van der Waals surface area (Å²) in [5, 5.41) is 10.7. The summed E-state index contributed by atoms with van der Waals surface area (Å²) in [4.78, 5) is 20.6. The van der Waals surface area contributed by atoms with Crippen LogP contribution in [0.1, 0.15) is 6.42 Å². The molecule has 13 heavy (non-hydrogen) atoms. The zero-order valence-electron chi connectivity index (χ0n) is 7.28. The molecule has 0 aliphatic rings. The van der Waals surface area contributed by atoms with E-state index in [2.05, 4.69) is 11.9 Å². The van der Waals surface area contributed by atoms with Crippen molar-refractivity contribution in [3.05, 3.63) is 12.7 Å². The number of carboxylic acid groups (broad SMARTS) is 1. The number of aliphatic carboxylic acids is 1. The van der Waals surface area contributed by atoms with Gasteiger partial charge in [0, 0.05) is 6.54 Å². The first kappa shape index (κ1) is 11.6. The van der Waals surface area contributed by atoms with E-state index < -0.39 is 5.97 Å². The van der Waals surface area contributed by atoms with Crippen LogP contribution in [-0.2, 0) is 14.3 Å². The van der Waals surface area contributed by atoms with Gasteiger partial charge in [-0.2, -0.15) is 0 Å². The maximum Gasteiger partial charge on any atom is 0.305 e. The summed E-state index contributed by atoms with van der Waals surface area (Å²) in [5.74, 6) is -1.16. The SMILES string of the molecule is C=CC(=O)NCCOCCC(=O)O. The fraction of sp³-hybridized carbons (Fsp3) is 0.500. The van der Waals surface area contributed by atoms with Gasteiger partial charge in [-0.25, -0.2) is 0 Å². The minimum atomic E-state index is -0.893. The number of rotatable bonds is 7. The van der Waals surface area contributed by atoms with Gasteiger partial charge < -0.3 is 15.2 Å². The Balaban J connectivity index is 3.12. The summed E-state index contributed by atoms with van der Waals surface area (Å²) in [6, 6.07) is 0. The Morgan fingerprint density at radius 1 is 1.46 bits per heavy atom. The van der Waals surface area contributed by atoms with E-state index in [4.69, 9.17) is 9.84 Å². The molecule has 0 aromatic heterocycles. The van der Waals surface area contributed by atoms with Crippen LogP contribution in [0.15, 0.2) is 12.7 Å². The smallest absolute Gasteiger partial charge is 0.305 e. The monoisotopic (exact) mass is 187 g/mol. The molecule has 0 unspecified atom stereocenters. The number of nitrogens with one attached hydrogen (secondary N) is 1. The zero-order chi connectivity index (χ0) is 10.1. The Bertz CT molecular complexity index is 191. The van der Waals surface area contributed by atoms with E-state index >= 15 is 0 Å². The summed E-state index contributed by atoms with van der Waals surface area (Å²) in [7, 11) is 0. The summed E-state index contributed by atoms with van der Waals surface area (Å²) < 4.78 is 4.91. The molecule has 5 nitrogen and oxygen atoms in total. The first-order chi connectivity index (χ1) is 6.16. The first-order valence-electron chi connectivity index (χ1n) is 3.86. The van der Waals surface area contributed by atoms with Gasteiger partial charge in [0.15, 0.2) is 0 Å². The Morgan fingerprint density at radius 3 is 2.69 bits per heavy atom. The quantitative estimate of drug-likeness (QED) is 0.427. The summed E-state index contributed by atoms with van der Waals surface area (Å²) in [5.41, 5.74) is 0. The molecule has 0 radical (unpaired) electrons.